The van der Waals surface area contributed by atoms with Gasteiger partial charge in [-0.25, -0.2) is 9.40 Å². The number of furan rings is 1. The zero-order valence-electron chi connectivity index (χ0n) is 19.0. The van der Waals surface area contributed by atoms with E-state index in [0.717, 1.165) is 5.56 Å². The summed E-state index contributed by atoms with van der Waals surface area (Å²) in [6.45, 7) is -0.528. The molecule has 1 aliphatic heterocycles. The predicted octanol–water partition coefficient (Wildman–Crippen LogP) is 4.31. The number of hydrogen-bond acceptors (Lipinski definition) is 7. The predicted molar refractivity (Wildman–Crippen MR) is 123 cm³/mol. The quantitative estimate of drug-likeness (QED) is 0.336. The van der Waals surface area contributed by atoms with E-state index >= 15 is 0 Å². The maximum atomic E-state index is 13.0. The second kappa shape index (κ2) is 10.8. The van der Waals surface area contributed by atoms with Crippen molar-refractivity contribution in [2.75, 3.05) is 13.7 Å². The minimum atomic E-state index is -0.693. The fraction of sp³-hybridized carbons (Fsp3) is 0.231. The van der Waals surface area contributed by atoms with E-state index in [-0.39, 0.29) is 18.6 Å². The summed E-state index contributed by atoms with van der Waals surface area (Å²) in [5.74, 6) is -0.726. The molecule has 4 rings (SSSR count). The molecule has 0 aliphatic carbocycles. The van der Waals surface area contributed by atoms with Crippen LogP contribution in [-0.2, 0) is 14.3 Å². The van der Waals surface area contributed by atoms with Gasteiger partial charge < -0.3 is 13.9 Å². The first-order chi connectivity index (χ1) is 16.9. The molecule has 1 amide bonds. The van der Waals surface area contributed by atoms with Gasteiger partial charge in [0.05, 0.1) is 25.5 Å². The number of ketones is 1. The summed E-state index contributed by atoms with van der Waals surface area (Å²) in [6, 6.07) is 15.4. The first-order valence-corrected chi connectivity index (χ1v) is 11.0. The molecule has 8 nitrogen and oxygen atoms in total. The summed E-state index contributed by atoms with van der Waals surface area (Å²) in [5, 5.41) is 5.73. The minimum Gasteiger partial charge on any atom is -0.497 e. The van der Waals surface area contributed by atoms with Crippen LogP contribution in [0.15, 0.2) is 76.4 Å². The molecule has 3 aromatic rings. The molecule has 0 fully saturated rings. The van der Waals surface area contributed by atoms with E-state index in [1.165, 1.54) is 35.5 Å². The summed E-state index contributed by atoms with van der Waals surface area (Å²) >= 11 is 0. The van der Waals surface area contributed by atoms with Crippen molar-refractivity contribution in [2.24, 2.45) is 5.10 Å². The van der Waals surface area contributed by atoms with E-state index in [1.807, 2.05) is 12.1 Å². The highest BCUT2D eigenvalue weighted by molar-refractivity contribution is 6.03. The molecule has 0 spiro atoms. The summed E-state index contributed by atoms with van der Waals surface area (Å²) < 4.78 is 28.8. The van der Waals surface area contributed by atoms with Crippen LogP contribution in [0.1, 0.15) is 47.0 Å². The molecule has 1 atom stereocenters. The van der Waals surface area contributed by atoms with E-state index in [1.54, 1.807) is 31.4 Å². The van der Waals surface area contributed by atoms with Crippen molar-refractivity contribution in [2.45, 2.75) is 25.3 Å². The van der Waals surface area contributed by atoms with Crippen LogP contribution in [-0.4, -0.2) is 42.1 Å². The molecule has 2 heterocycles. The largest absolute Gasteiger partial charge is 0.497 e. The summed E-state index contributed by atoms with van der Waals surface area (Å²) in [7, 11) is 1.58. The highest BCUT2D eigenvalue weighted by Gasteiger charge is 2.35. The monoisotopic (exact) mass is 478 g/mol. The Bertz CT molecular complexity index is 1220. The Hall–Kier alpha value is -4.27. The number of esters is 1. The van der Waals surface area contributed by atoms with Crippen LogP contribution < -0.4 is 4.74 Å². The van der Waals surface area contributed by atoms with Crippen molar-refractivity contribution >= 4 is 23.4 Å². The lowest BCUT2D eigenvalue weighted by atomic mass is 10.0. The van der Waals surface area contributed by atoms with Crippen molar-refractivity contribution < 1.29 is 32.7 Å². The smallest absolute Gasteiger partial charge is 0.306 e. The summed E-state index contributed by atoms with van der Waals surface area (Å²) in [6.07, 6.45) is 1.62. The van der Waals surface area contributed by atoms with Crippen LogP contribution in [0.2, 0.25) is 0 Å². The van der Waals surface area contributed by atoms with Crippen molar-refractivity contribution in [3.8, 4) is 5.75 Å². The third-order valence-corrected chi connectivity index (χ3v) is 5.54. The average molecular weight is 478 g/mol. The van der Waals surface area contributed by atoms with Crippen molar-refractivity contribution in [3.63, 3.8) is 0 Å². The molecular weight excluding hydrogens is 455 g/mol. The van der Waals surface area contributed by atoms with Crippen LogP contribution in [0.5, 0.6) is 5.75 Å². The molecule has 0 bridgehead atoms. The topological polar surface area (TPSA) is 98.4 Å². The molecular formula is C26H23FN2O6. The van der Waals surface area contributed by atoms with Gasteiger partial charge in [-0.15, -0.1) is 0 Å². The normalized spacial score (nSPS) is 15.0. The number of carbonyl (C=O) groups is 3. The maximum Gasteiger partial charge on any atom is 0.306 e. The maximum absolute atomic E-state index is 13.0. The molecule has 2 aromatic carbocycles. The Balaban J connectivity index is 1.37. The van der Waals surface area contributed by atoms with Crippen LogP contribution in [0, 0.1) is 5.82 Å². The number of benzene rings is 2. The average Bonchev–Trinajstić information content (AvgIpc) is 3.56. The van der Waals surface area contributed by atoms with Crippen LogP contribution in [0.25, 0.3) is 0 Å². The zero-order chi connectivity index (χ0) is 24.8. The van der Waals surface area contributed by atoms with E-state index in [4.69, 9.17) is 13.9 Å². The first-order valence-electron chi connectivity index (χ1n) is 11.0. The number of amides is 1. The van der Waals surface area contributed by atoms with Gasteiger partial charge in [-0.2, -0.15) is 5.10 Å². The molecule has 0 saturated heterocycles. The molecule has 1 aliphatic rings. The van der Waals surface area contributed by atoms with Crippen LogP contribution >= 0.6 is 0 Å². The van der Waals surface area contributed by atoms with Gasteiger partial charge in [0.15, 0.2) is 12.4 Å². The minimum absolute atomic E-state index is 0.114. The molecule has 1 aromatic heterocycles. The zero-order valence-corrected chi connectivity index (χ0v) is 19.0. The SMILES string of the molecule is COc1ccc(C2=NN(C(=O)COC(=O)CCC(=O)c3ccc(F)cc3)C(c3ccco3)C2)cc1. The van der Waals surface area contributed by atoms with E-state index in [9.17, 15) is 18.8 Å². The Kier molecular flexibility index (Phi) is 7.35. The number of hydrazone groups is 1. The van der Waals surface area contributed by atoms with Crippen molar-refractivity contribution in [3.05, 3.63) is 89.6 Å². The number of methoxy groups -OCH3 is 1. The molecule has 35 heavy (non-hydrogen) atoms. The first kappa shape index (κ1) is 23.9. The fourth-order valence-corrected chi connectivity index (χ4v) is 3.68. The Labute approximate surface area is 200 Å². The highest BCUT2D eigenvalue weighted by atomic mass is 19.1. The van der Waals surface area contributed by atoms with Crippen LogP contribution in [0.4, 0.5) is 4.39 Å². The molecule has 0 saturated carbocycles. The second-order valence-corrected chi connectivity index (χ2v) is 7.84. The summed E-state index contributed by atoms with van der Waals surface area (Å²) in [5.41, 5.74) is 1.81. The Morgan fingerprint density at radius 2 is 1.80 bits per heavy atom. The standard InChI is InChI=1S/C26H23FN2O6/c1-33-20-10-6-17(7-11-20)21-15-22(24-3-2-14-34-24)29(28-21)25(31)16-35-26(32)13-12-23(30)18-4-8-19(27)9-5-18/h2-11,14,22H,12-13,15-16H2,1H3. The fourth-order valence-electron chi connectivity index (χ4n) is 3.68. The van der Waals surface area contributed by atoms with Gasteiger partial charge in [0.2, 0.25) is 0 Å². The van der Waals surface area contributed by atoms with Gasteiger partial charge in [0, 0.05) is 18.4 Å². The van der Waals surface area contributed by atoms with Gasteiger partial charge in [0.25, 0.3) is 5.91 Å². The van der Waals surface area contributed by atoms with Gasteiger partial charge in [0.1, 0.15) is 23.4 Å². The summed E-state index contributed by atoms with van der Waals surface area (Å²) in [4.78, 5) is 37.2. The Morgan fingerprint density at radius 3 is 2.46 bits per heavy atom. The third kappa shape index (κ3) is 5.81. The number of hydrogen-bond donors (Lipinski definition) is 0. The molecule has 0 N–H and O–H groups in total. The van der Waals surface area contributed by atoms with Gasteiger partial charge in [-0.05, 0) is 66.2 Å². The second-order valence-electron chi connectivity index (χ2n) is 7.84. The van der Waals surface area contributed by atoms with E-state index in [0.29, 0.717) is 29.2 Å². The number of halogens is 1. The number of ether oxygens (including phenoxy) is 2. The number of rotatable bonds is 9. The molecule has 0 radical (unpaired) electrons. The molecule has 180 valence electrons. The Morgan fingerprint density at radius 1 is 1.06 bits per heavy atom. The highest BCUT2D eigenvalue weighted by Crippen LogP contribution is 2.33. The van der Waals surface area contributed by atoms with Crippen molar-refractivity contribution in [1.82, 2.24) is 5.01 Å². The van der Waals surface area contributed by atoms with E-state index in [2.05, 4.69) is 5.10 Å². The van der Waals surface area contributed by atoms with E-state index < -0.39 is 30.3 Å². The van der Waals surface area contributed by atoms with Crippen molar-refractivity contribution in [1.29, 1.82) is 0 Å². The third-order valence-electron chi connectivity index (χ3n) is 5.54. The van der Waals surface area contributed by atoms with Gasteiger partial charge in [-0.3, -0.25) is 14.4 Å². The number of Topliss-reactive ketones (excluding diaryl/α,β-unsaturated/α-hetero) is 1. The lowest BCUT2D eigenvalue weighted by Crippen LogP contribution is -2.31. The molecule has 9 heteroatoms. The lowest BCUT2D eigenvalue weighted by molar-refractivity contribution is -0.152. The van der Waals surface area contributed by atoms with Gasteiger partial charge in [-0.1, -0.05) is 0 Å². The number of carbonyl (C=O) groups excluding carboxylic acids is 3. The van der Waals surface area contributed by atoms with Gasteiger partial charge >= 0.3 is 5.97 Å². The lowest BCUT2D eigenvalue weighted by Gasteiger charge is -2.19. The number of nitrogens with zero attached hydrogens (tertiary/aromatic N) is 2. The molecule has 1 unspecified atom stereocenters. The van der Waals surface area contributed by atoms with Crippen LogP contribution in [0.3, 0.4) is 0 Å².